The summed E-state index contributed by atoms with van der Waals surface area (Å²) in [5.74, 6) is 0.720. The monoisotopic (exact) mass is 508 g/mol. The van der Waals surface area contributed by atoms with Crippen molar-refractivity contribution in [2.45, 2.75) is 38.5 Å². The Kier molecular flexibility index (Phi) is 6.43. The third-order valence-corrected chi connectivity index (χ3v) is 9.29. The maximum atomic E-state index is 13.6. The lowest BCUT2D eigenvalue weighted by Gasteiger charge is -2.18. The van der Waals surface area contributed by atoms with Gasteiger partial charge in [0.2, 0.25) is 5.91 Å². The number of carbonyl (C=O) groups excluding carboxylic acids is 1. The van der Waals surface area contributed by atoms with Gasteiger partial charge in [-0.05, 0) is 54.0 Å². The quantitative estimate of drug-likeness (QED) is 0.251. The Morgan fingerprint density at radius 1 is 0.944 bits per heavy atom. The Balaban J connectivity index is 1.35. The molecule has 36 heavy (non-hydrogen) atoms. The summed E-state index contributed by atoms with van der Waals surface area (Å²) in [5, 5.41) is 5.31. The van der Waals surface area contributed by atoms with E-state index in [0.29, 0.717) is 12.3 Å². The topological polar surface area (TPSA) is 42.0 Å². The molecule has 1 N–H and O–H groups in total. The number of thiazole rings is 1. The molecule has 2 aromatic heterocycles. The number of amides is 1. The molecule has 0 aliphatic heterocycles. The van der Waals surface area contributed by atoms with Gasteiger partial charge in [-0.1, -0.05) is 79.7 Å². The second-order valence-corrected chi connectivity index (χ2v) is 11.8. The van der Waals surface area contributed by atoms with E-state index in [0.717, 1.165) is 45.1 Å². The van der Waals surface area contributed by atoms with Gasteiger partial charge in [0, 0.05) is 22.8 Å². The van der Waals surface area contributed by atoms with Crippen LogP contribution >= 0.6 is 22.7 Å². The van der Waals surface area contributed by atoms with Gasteiger partial charge in [0.05, 0.1) is 10.2 Å². The van der Waals surface area contributed by atoms with Gasteiger partial charge in [0.1, 0.15) is 10.0 Å². The molecule has 180 valence electrons. The second-order valence-electron chi connectivity index (χ2n) is 9.67. The van der Waals surface area contributed by atoms with Crippen LogP contribution in [0.4, 0.5) is 5.00 Å². The molecule has 0 saturated carbocycles. The Morgan fingerprint density at radius 3 is 2.31 bits per heavy atom. The molecule has 1 unspecified atom stereocenters. The Hall–Kier alpha value is -3.28. The molecule has 0 fully saturated rings. The van der Waals surface area contributed by atoms with E-state index in [2.05, 4.69) is 54.7 Å². The Morgan fingerprint density at radius 2 is 1.61 bits per heavy atom. The number of para-hydroxylation sites is 1. The molecule has 1 aliphatic carbocycles. The van der Waals surface area contributed by atoms with Gasteiger partial charge in [-0.25, -0.2) is 4.98 Å². The van der Waals surface area contributed by atoms with E-state index in [-0.39, 0.29) is 11.8 Å². The van der Waals surface area contributed by atoms with Crippen LogP contribution in [0.3, 0.4) is 0 Å². The van der Waals surface area contributed by atoms with Crippen molar-refractivity contribution < 1.29 is 4.79 Å². The summed E-state index contributed by atoms with van der Waals surface area (Å²) in [6, 6.07) is 29.0. The molecule has 1 amide bonds. The molecule has 0 spiro atoms. The molecule has 3 nitrogen and oxygen atoms in total. The van der Waals surface area contributed by atoms with Gasteiger partial charge in [-0.3, -0.25) is 4.79 Å². The highest BCUT2D eigenvalue weighted by Gasteiger charge is 2.28. The fraction of sp³-hybridized carbons (Fsp3) is 0.226. The lowest BCUT2D eigenvalue weighted by atomic mass is 9.88. The summed E-state index contributed by atoms with van der Waals surface area (Å²) in [6.07, 6.45) is 3.70. The van der Waals surface area contributed by atoms with Crippen LogP contribution < -0.4 is 5.32 Å². The number of hydrogen-bond acceptors (Lipinski definition) is 4. The normalized spacial score (nSPS) is 15.2. The summed E-state index contributed by atoms with van der Waals surface area (Å²) in [5.41, 5.74) is 5.86. The van der Waals surface area contributed by atoms with E-state index in [4.69, 9.17) is 4.98 Å². The predicted octanol–water partition coefficient (Wildman–Crippen LogP) is 8.31. The fourth-order valence-electron chi connectivity index (χ4n) is 5.21. The standard InChI is InChI=1S/C31H28N2OS2/c1-20-16-17-23-27(18-20)36-31(29(23)30-32-25-14-8-9-15-26(25)35-30)33-28(34)19-24(21-10-4-2-5-11-21)22-12-6-3-7-13-22/h2-15,20,24H,16-19H2,1H3,(H,33,34). The Bertz CT molecular complexity index is 1430. The zero-order valence-electron chi connectivity index (χ0n) is 20.2. The highest BCUT2D eigenvalue weighted by Crippen LogP contribution is 2.47. The third-order valence-electron chi connectivity index (χ3n) is 7.07. The summed E-state index contributed by atoms with van der Waals surface area (Å²) in [4.78, 5) is 20.0. The van der Waals surface area contributed by atoms with Gasteiger partial charge >= 0.3 is 0 Å². The number of aromatic nitrogens is 1. The molecule has 1 atom stereocenters. The van der Waals surface area contributed by atoms with Crippen molar-refractivity contribution >= 4 is 43.8 Å². The predicted molar refractivity (Wildman–Crippen MR) is 152 cm³/mol. The van der Waals surface area contributed by atoms with Crippen LogP contribution in [-0.4, -0.2) is 10.9 Å². The minimum Gasteiger partial charge on any atom is -0.317 e. The van der Waals surface area contributed by atoms with E-state index < -0.39 is 0 Å². The summed E-state index contributed by atoms with van der Waals surface area (Å²) < 4.78 is 1.18. The van der Waals surface area contributed by atoms with Crippen molar-refractivity contribution in [3.63, 3.8) is 0 Å². The number of carbonyl (C=O) groups is 1. The minimum absolute atomic E-state index is 0.00732. The van der Waals surface area contributed by atoms with Crippen LogP contribution in [0, 0.1) is 5.92 Å². The molecular weight excluding hydrogens is 480 g/mol. The zero-order chi connectivity index (χ0) is 24.5. The molecule has 5 heteroatoms. The number of hydrogen-bond donors (Lipinski definition) is 1. The van der Waals surface area contributed by atoms with Crippen molar-refractivity contribution in [2.75, 3.05) is 5.32 Å². The molecule has 6 rings (SSSR count). The first kappa shape index (κ1) is 23.1. The van der Waals surface area contributed by atoms with Crippen LogP contribution in [0.2, 0.25) is 0 Å². The van der Waals surface area contributed by atoms with E-state index in [1.54, 1.807) is 22.7 Å². The number of nitrogens with zero attached hydrogens (tertiary/aromatic N) is 1. The molecule has 5 aromatic rings. The first-order valence-electron chi connectivity index (χ1n) is 12.6. The number of rotatable bonds is 6. The van der Waals surface area contributed by atoms with E-state index in [1.807, 2.05) is 42.5 Å². The summed E-state index contributed by atoms with van der Waals surface area (Å²) in [6.45, 7) is 2.32. The fourth-order valence-corrected chi connectivity index (χ4v) is 7.74. The molecule has 0 radical (unpaired) electrons. The maximum absolute atomic E-state index is 13.6. The number of thiophene rings is 1. The third kappa shape index (κ3) is 4.61. The number of benzene rings is 3. The molecule has 1 aliphatic rings. The summed E-state index contributed by atoms with van der Waals surface area (Å²) in [7, 11) is 0. The van der Waals surface area contributed by atoms with Gasteiger partial charge in [0.15, 0.2) is 0 Å². The van der Waals surface area contributed by atoms with Crippen molar-refractivity contribution in [1.82, 2.24) is 4.98 Å². The van der Waals surface area contributed by atoms with E-state index in [9.17, 15) is 4.79 Å². The smallest absolute Gasteiger partial charge is 0.225 e. The van der Waals surface area contributed by atoms with Gasteiger partial charge in [0.25, 0.3) is 0 Å². The number of fused-ring (bicyclic) bond motifs is 2. The molecule has 3 aromatic carbocycles. The maximum Gasteiger partial charge on any atom is 0.225 e. The van der Waals surface area contributed by atoms with Crippen LogP contribution in [0.25, 0.3) is 20.8 Å². The van der Waals surface area contributed by atoms with E-state index >= 15 is 0 Å². The highest BCUT2D eigenvalue weighted by atomic mass is 32.1. The van der Waals surface area contributed by atoms with Gasteiger partial charge in [-0.2, -0.15) is 0 Å². The second kappa shape index (κ2) is 10.00. The van der Waals surface area contributed by atoms with Crippen molar-refractivity contribution in [2.24, 2.45) is 5.92 Å². The lowest BCUT2D eigenvalue weighted by molar-refractivity contribution is -0.116. The van der Waals surface area contributed by atoms with Crippen molar-refractivity contribution in [1.29, 1.82) is 0 Å². The van der Waals surface area contributed by atoms with Crippen LogP contribution in [0.15, 0.2) is 84.9 Å². The largest absolute Gasteiger partial charge is 0.317 e. The van der Waals surface area contributed by atoms with Gasteiger partial charge < -0.3 is 5.32 Å². The minimum atomic E-state index is 0.00732. The molecular formula is C31H28N2OS2. The number of anilines is 1. The zero-order valence-corrected chi connectivity index (χ0v) is 21.9. The average molecular weight is 509 g/mol. The van der Waals surface area contributed by atoms with Crippen LogP contribution in [0.1, 0.15) is 47.3 Å². The van der Waals surface area contributed by atoms with Crippen LogP contribution in [0.5, 0.6) is 0 Å². The summed E-state index contributed by atoms with van der Waals surface area (Å²) >= 11 is 3.47. The van der Waals surface area contributed by atoms with Crippen molar-refractivity contribution in [3.8, 4) is 10.6 Å². The average Bonchev–Trinajstić information content (AvgIpc) is 3.48. The van der Waals surface area contributed by atoms with Crippen molar-refractivity contribution in [3.05, 3.63) is 106 Å². The first-order chi connectivity index (χ1) is 17.7. The van der Waals surface area contributed by atoms with E-state index in [1.165, 1.54) is 21.6 Å². The first-order valence-corrected chi connectivity index (χ1v) is 14.2. The molecule has 0 bridgehead atoms. The lowest BCUT2D eigenvalue weighted by Crippen LogP contribution is -2.16. The Labute approximate surface area is 219 Å². The van der Waals surface area contributed by atoms with Crippen LogP contribution in [-0.2, 0) is 17.6 Å². The SMILES string of the molecule is CC1CCc2c(sc(NC(=O)CC(c3ccccc3)c3ccccc3)c2-c2nc3ccccc3s2)C1. The molecule has 0 saturated heterocycles. The number of nitrogens with one attached hydrogen (secondary N) is 1. The van der Waals surface area contributed by atoms with Gasteiger partial charge in [-0.15, -0.1) is 22.7 Å². The highest BCUT2D eigenvalue weighted by molar-refractivity contribution is 7.22. The molecule has 2 heterocycles.